The van der Waals surface area contributed by atoms with E-state index in [0.717, 1.165) is 11.3 Å². The second kappa shape index (κ2) is 5.99. The molecule has 2 aromatic rings. The van der Waals surface area contributed by atoms with Gasteiger partial charge in [0.25, 0.3) is 5.91 Å². The Labute approximate surface area is 137 Å². The van der Waals surface area contributed by atoms with Gasteiger partial charge in [0.05, 0.1) is 10.7 Å². The summed E-state index contributed by atoms with van der Waals surface area (Å²) in [5.74, 6) is -0.262. The van der Waals surface area contributed by atoms with Gasteiger partial charge in [-0.1, -0.05) is 23.2 Å². The molecule has 2 aromatic carbocycles. The van der Waals surface area contributed by atoms with Gasteiger partial charge in [-0.15, -0.1) is 0 Å². The summed E-state index contributed by atoms with van der Waals surface area (Å²) in [5.41, 5.74) is 2.73. The second-order valence-electron chi connectivity index (χ2n) is 5.00. The lowest BCUT2D eigenvalue weighted by Gasteiger charge is -2.17. The lowest BCUT2D eigenvalue weighted by molar-refractivity contribution is -0.116. The van der Waals surface area contributed by atoms with E-state index >= 15 is 0 Å². The summed E-state index contributed by atoms with van der Waals surface area (Å²) in [6.07, 6.45) is 1.06. The molecule has 0 radical (unpaired) electrons. The Balaban J connectivity index is 1.82. The predicted molar refractivity (Wildman–Crippen MR) is 87.8 cm³/mol. The highest BCUT2D eigenvalue weighted by molar-refractivity contribution is 6.36. The third kappa shape index (κ3) is 3.08. The number of aryl methyl sites for hydroxylation is 1. The molecule has 0 aliphatic carbocycles. The molecule has 0 unspecified atom stereocenters. The van der Waals surface area contributed by atoms with Crippen LogP contribution in [0.3, 0.4) is 0 Å². The van der Waals surface area contributed by atoms with Crippen LogP contribution in [-0.2, 0) is 11.2 Å². The molecule has 6 heteroatoms. The van der Waals surface area contributed by atoms with Gasteiger partial charge in [0.1, 0.15) is 0 Å². The molecular weight excluding hydrogens is 323 g/mol. The van der Waals surface area contributed by atoms with Crippen molar-refractivity contribution in [2.24, 2.45) is 0 Å². The Hall–Kier alpha value is -2.04. The number of anilines is 2. The molecular formula is C16H12Cl2N2O2. The summed E-state index contributed by atoms with van der Waals surface area (Å²) < 4.78 is 0. The Bertz CT molecular complexity index is 775. The highest BCUT2D eigenvalue weighted by Gasteiger charge is 2.17. The van der Waals surface area contributed by atoms with E-state index in [0.29, 0.717) is 34.1 Å². The molecule has 3 rings (SSSR count). The summed E-state index contributed by atoms with van der Waals surface area (Å²) in [5, 5.41) is 6.42. The van der Waals surface area contributed by atoms with Crippen molar-refractivity contribution in [2.75, 3.05) is 10.6 Å². The van der Waals surface area contributed by atoms with Crippen LogP contribution >= 0.6 is 23.2 Å². The van der Waals surface area contributed by atoms with E-state index < -0.39 is 0 Å². The molecule has 0 saturated heterocycles. The summed E-state index contributed by atoms with van der Waals surface area (Å²) in [6, 6.07) is 10.1. The molecule has 1 aliphatic rings. The van der Waals surface area contributed by atoms with E-state index in [1.165, 1.54) is 0 Å². The van der Waals surface area contributed by atoms with Crippen molar-refractivity contribution in [3.8, 4) is 0 Å². The number of fused-ring (bicyclic) bond motifs is 1. The number of nitrogens with one attached hydrogen (secondary N) is 2. The number of halogens is 2. The van der Waals surface area contributed by atoms with Gasteiger partial charge in [-0.2, -0.15) is 0 Å². The van der Waals surface area contributed by atoms with Crippen molar-refractivity contribution < 1.29 is 9.59 Å². The molecule has 0 fully saturated rings. The Morgan fingerprint density at radius 2 is 1.91 bits per heavy atom. The van der Waals surface area contributed by atoms with Crippen LogP contribution in [0.1, 0.15) is 22.3 Å². The maximum atomic E-state index is 12.3. The van der Waals surface area contributed by atoms with Crippen LogP contribution in [0, 0.1) is 0 Å². The molecule has 0 aromatic heterocycles. The maximum absolute atomic E-state index is 12.3. The van der Waals surface area contributed by atoms with E-state index in [4.69, 9.17) is 23.2 Å². The fourth-order valence-corrected chi connectivity index (χ4v) is 2.77. The highest BCUT2D eigenvalue weighted by atomic mass is 35.5. The summed E-state index contributed by atoms with van der Waals surface area (Å²) >= 11 is 11.9. The topological polar surface area (TPSA) is 58.2 Å². The van der Waals surface area contributed by atoms with Crippen molar-refractivity contribution in [3.05, 3.63) is 57.6 Å². The van der Waals surface area contributed by atoms with Crippen LogP contribution in [0.2, 0.25) is 10.0 Å². The molecule has 0 bridgehead atoms. The molecule has 1 heterocycles. The Morgan fingerprint density at radius 1 is 1.09 bits per heavy atom. The largest absolute Gasteiger partial charge is 0.326 e. The number of amides is 2. The van der Waals surface area contributed by atoms with Crippen LogP contribution < -0.4 is 10.6 Å². The number of rotatable bonds is 2. The minimum Gasteiger partial charge on any atom is -0.326 e. The zero-order valence-electron chi connectivity index (χ0n) is 11.5. The average molecular weight is 335 g/mol. The molecule has 0 saturated carbocycles. The van der Waals surface area contributed by atoms with Crippen molar-refractivity contribution >= 4 is 46.4 Å². The van der Waals surface area contributed by atoms with E-state index in [1.54, 1.807) is 36.4 Å². The SMILES string of the molecule is O=C1CCc2cc(C(=O)Nc3ccc(Cl)cc3Cl)ccc2N1. The normalized spacial score (nSPS) is 13.3. The van der Waals surface area contributed by atoms with Crippen molar-refractivity contribution in [1.82, 2.24) is 0 Å². The third-order valence-corrected chi connectivity index (χ3v) is 3.99. The van der Waals surface area contributed by atoms with Gasteiger partial charge in [-0.05, 0) is 48.4 Å². The molecule has 112 valence electrons. The monoisotopic (exact) mass is 334 g/mol. The van der Waals surface area contributed by atoms with Crippen molar-refractivity contribution in [1.29, 1.82) is 0 Å². The lowest BCUT2D eigenvalue weighted by Crippen LogP contribution is -2.20. The summed E-state index contributed by atoms with van der Waals surface area (Å²) in [7, 11) is 0. The highest BCUT2D eigenvalue weighted by Crippen LogP contribution is 2.27. The van der Waals surface area contributed by atoms with Crippen LogP contribution in [-0.4, -0.2) is 11.8 Å². The minimum atomic E-state index is -0.260. The van der Waals surface area contributed by atoms with Crippen LogP contribution in [0.4, 0.5) is 11.4 Å². The smallest absolute Gasteiger partial charge is 0.255 e. The molecule has 2 N–H and O–H groups in total. The van der Waals surface area contributed by atoms with E-state index in [-0.39, 0.29) is 11.8 Å². The summed E-state index contributed by atoms with van der Waals surface area (Å²) in [6.45, 7) is 0. The first kappa shape index (κ1) is 14.9. The van der Waals surface area contributed by atoms with Crippen LogP contribution in [0.15, 0.2) is 36.4 Å². The number of hydrogen-bond acceptors (Lipinski definition) is 2. The zero-order valence-corrected chi connectivity index (χ0v) is 13.0. The molecule has 0 atom stereocenters. The number of carbonyl (C=O) groups excluding carboxylic acids is 2. The van der Waals surface area contributed by atoms with Gasteiger partial charge in [0.15, 0.2) is 0 Å². The van der Waals surface area contributed by atoms with Crippen LogP contribution in [0.25, 0.3) is 0 Å². The summed E-state index contributed by atoms with van der Waals surface area (Å²) in [4.78, 5) is 23.6. The average Bonchev–Trinajstić information content (AvgIpc) is 2.49. The first-order chi connectivity index (χ1) is 10.5. The molecule has 0 spiro atoms. The van der Waals surface area contributed by atoms with Gasteiger partial charge in [0, 0.05) is 22.7 Å². The second-order valence-corrected chi connectivity index (χ2v) is 5.84. The van der Waals surface area contributed by atoms with Crippen LogP contribution in [0.5, 0.6) is 0 Å². The van der Waals surface area contributed by atoms with Crippen molar-refractivity contribution in [3.63, 3.8) is 0 Å². The standard InChI is InChI=1S/C16H12Cl2N2O2/c17-11-3-5-14(12(18)8-11)20-16(22)10-1-4-13-9(7-10)2-6-15(21)19-13/h1,3-5,7-8H,2,6H2,(H,19,21)(H,20,22). The van der Waals surface area contributed by atoms with Gasteiger partial charge in [0.2, 0.25) is 5.91 Å². The quantitative estimate of drug-likeness (QED) is 0.867. The van der Waals surface area contributed by atoms with E-state index in [9.17, 15) is 9.59 Å². The molecule has 2 amide bonds. The van der Waals surface area contributed by atoms with E-state index in [1.807, 2.05) is 0 Å². The maximum Gasteiger partial charge on any atom is 0.255 e. The van der Waals surface area contributed by atoms with Gasteiger partial charge in [-0.3, -0.25) is 9.59 Å². The number of benzene rings is 2. The first-order valence-corrected chi connectivity index (χ1v) is 7.48. The van der Waals surface area contributed by atoms with Crippen molar-refractivity contribution in [2.45, 2.75) is 12.8 Å². The number of carbonyl (C=O) groups is 2. The molecule has 4 nitrogen and oxygen atoms in total. The number of hydrogen-bond donors (Lipinski definition) is 2. The fourth-order valence-electron chi connectivity index (χ4n) is 2.31. The fraction of sp³-hybridized carbons (Fsp3) is 0.125. The molecule has 1 aliphatic heterocycles. The lowest BCUT2D eigenvalue weighted by atomic mass is 10.00. The Morgan fingerprint density at radius 3 is 2.68 bits per heavy atom. The minimum absolute atomic E-state index is 0.00218. The van der Waals surface area contributed by atoms with Gasteiger partial charge in [-0.25, -0.2) is 0 Å². The van der Waals surface area contributed by atoms with Gasteiger partial charge < -0.3 is 10.6 Å². The molecule has 22 heavy (non-hydrogen) atoms. The predicted octanol–water partition coefficient (Wildman–Crippen LogP) is 4.13. The first-order valence-electron chi connectivity index (χ1n) is 6.72. The third-order valence-electron chi connectivity index (χ3n) is 3.44. The Kier molecular flexibility index (Phi) is 4.05. The zero-order chi connectivity index (χ0) is 15.7. The van der Waals surface area contributed by atoms with E-state index in [2.05, 4.69) is 10.6 Å². The van der Waals surface area contributed by atoms with Gasteiger partial charge >= 0.3 is 0 Å².